The van der Waals surface area contributed by atoms with Gasteiger partial charge < -0.3 is 10.2 Å². The second-order valence-corrected chi connectivity index (χ2v) is 9.30. The average Bonchev–Trinajstić information content (AvgIpc) is 2.64. The Morgan fingerprint density at radius 2 is 1.69 bits per heavy atom. The molecule has 0 atom stereocenters. The summed E-state index contributed by atoms with van der Waals surface area (Å²) >= 11 is 0. The monoisotopic (exact) mass is 493 g/mol. The van der Waals surface area contributed by atoms with E-state index in [-0.39, 0.29) is 25.6 Å². The molecular formula is C18H22F7N3O3S. The first-order valence-corrected chi connectivity index (χ1v) is 11.2. The van der Waals surface area contributed by atoms with Crippen LogP contribution in [0.1, 0.15) is 28.8 Å². The van der Waals surface area contributed by atoms with Gasteiger partial charge in [0.1, 0.15) is 5.82 Å². The molecular weight excluding hydrogens is 471 g/mol. The summed E-state index contributed by atoms with van der Waals surface area (Å²) in [6.45, 7) is 1.18. The number of nitrogens with one attached hydrogen (secondary N) is 2. The van der Waals surface area contributed by atoms with E-state index in [9.17, 15) is 43.9 Å². The average molecular weight is 493 g/mol. The number of likely N-dealkylation sites (tertiary alicyclic amines) is 1. The molecule has 1 aromatic carbocycles. The van der Waals surface area contributed by atoms with Gasteiger partial charge in [-0.05, 0) is 50.0 Å². The molecule has 32 heavy (non-hydrogen) atoms. The van der Waals surface area contributed by atoms with Gasteiger partial charge >= 0.3 is 12.4 Å². The molecule has 0 bridgehead atoms. The number of halogens is 7. The highest BCUT2D eigenvalue weighted by molar-refractivity contribution is 7.89. The molecule has 0 spiro atoms. The maximum Gasteiger partial charge on any atom is 0.416 e. The summed E-state index contributed by atoms with van der Waals surface area (Å²) in [6, 6.07) is 1.59. The lowest BCUT2D eigenvalue weighted by molar-refractivity contribution is -0.137. The van der Waals surface area contributed by atoms with Gasteiger partial charge in [0.05, 0.1) is 5.56 Å². The molecule has 1 amide bonds. The number of hydrogen-bond donors (Lipinski definition) is 2. The third kappa shape index (κ3) is 8.90. The van der Waals surface area contributed by atoms with Crippen molar-refractivity contribution >= 4 is 15.9 Å². The molecule has 1 aromatic rings. The second-order valence-electron chi connectivity index (χ2n) is 7.49. The first-order chi connectivity index (χ1) is 14.6. The minimum Gasteiger partial charge on any atom is -0.352 e. The van der Waals surface area contributed by atoms with Crippen molar-refractivity contribution in [1.82, 2.24) is 14.9 Å². The zero-order chi connectivity index (χ0) is 24.2. The summed E-state index contributed by atoms with van der Waals surface area (Å²) in [5.74, 6) is -3.97. The zero-order valence-corrected chi connectivity index (χ0v) is 17.5. The molecule has 0 aliphatic carbocycles. The van der Waals surface area contributed by atoms with Crippen LogP contribution in [0.3, 0.4) is 0 Å². The summed E-state index contributed by atoms with van der Waals surface area (Å²) < 4.78 is 113. The van der Waals surface area contributed by atoms with Crippen LogP contribution in [0, 0.1) is 11.7 Å². The van der Waals surface area contributed by atoms with Crippen molar-refractivity contribution in [2.75, 3.05) is 38.5 Å². The highest BCUT2D eigenvalue weighted by Gasteiger charge is 2.35. The Kier molecular flexibility index (Phi) is 8.50. The van der Waals surface area contributed by atoms with Crippen molar-refractivity contribution in [3.8, 4) is 0 Å². The predicted octanol–water partition coefficient (Wildman–Crippen LogP) is 2.77. The van der Waals surface area contributed by atoms with Gasteiger partial charge in [-0.15, -0.1) is 0 Å². The number of hydrogen-bond acceptors (Lipinski definition) is 4. The van der Waals surface area contributed by atoms with Crippen molar-refractivity contribution in [1.29, 1.82) is 0 Å². The molecule has 1 aliphatic rings. The number of sulfonamides is 1. The lowest BCUT2D eigenvalue weighted by Crippen LogP contribution is -2.43. The van der Waals surface area contributed by atoms with Gasteiger partial charge in [-0.25, -0.2) is 17.5 Å². The van der Waals surface area contributed by atoms with E-state index in [0.29, 0.717) is 44.1 Å². The fraction of sp³-hybridized carbons (Fsp3) is 0.611. The van der Waals surface area contributed by atoms with E-state index in [1.165, 1.54) is 0 Å². The van der Waals surface area contributed by atoms with Gasteiger partial charge in [0.15, 0.2) is 5.75 Å². The number of rotatable bonds is 8. The number of benzene rings is 1. The molecule has 1 aliphatic heterocycles. The minimum atomic E-state index is -4.82. The van der Waals surface area contributed by atoms with Crippen LogP contribution >= 0.6 is 0 Å². The molecule has 0 aromatic heterocycles. The molecule has 182 valence electrons. The highest BCUT2D eigenvalue weighted by Crippen LogP contribution is 2.30. The van der Waals surface area contributed by atoms with Crippen molar-refractivity contribution < 1.29 is 43.9 Å². The third-order valence-corrected chi connectivity index (χ3v) is 6.20. The van der Waals surface area contributed by atoms with Crippen molar-refractivity contribution in [3.05, 3.63) is 35.1 Å². The summed E-state index contributed by atoms with van der Waals surface area (Å²) in [5.41, 5.74) is -1.71. The maximum atomic E-state index is 13.4. The van der Waals surface area contributed by atoms with Crippen LogP contribution in [-0.2, 0) is 16.2 Å². The molecule has 1 saturated heterocycles. The Morgan fingerprint density at radius 3 is 2.25 bits per heavy atom. The van der Waals surface area contributed by atoms with E-state index < -0.39 is 51.0 Å². The molecule has 1 heterocycles. The smallest absolute Gasteiger partial charge is 0.352 e. The first-order valence-electron chi connectivity index (χ1n) is 9.57. The predicted molar refractivity (Wildman–Crippen MR) is 101 cm³/mol. The molecule has 2 rings (SSSR count). The summed E-state index contributed by atoms with van der Waals surface area (Å²) in [7, 11) is -4.46. The van der Waals surface area contributed by atoms with E-state index in [1.807, 2.05) is 9.62 Å². The topological polar surface area (TPSA) is 78.5 Å². The van der Waals surface area contributed by atoms with Crippen molar-refractivity contribution in [2.45, 2.75) is 25.2 Å². The SMILES string of the molecule is O=C(NCC1CCN(CCNS(=O)(=O)CC(F)(F)F)CC1)c1cc(F)cc(C(F)(F)F)c1. The number of carbonyl (C=O) groups excluding carboxylic acids is 1. The molecule has 0 saturated carbocycles. The van der Waals surface area contributed by atoms with Crippen LogP contribution in [0.25, 0.3) is 0 Å². The quantitative estimate of drug-likeness (QED) is 0.546. The molecule has 2 N–H and O–H groups in total. The summed E-state index contributed by atoms with van der Waals surface area (Å²) in [5, 5.41) is 2.48. The highest BCUT2D eigenvalue weighted by atomic mass is 32.2. The number of alkyl halides is 6. The standard InChI is InChI=1S/C18H22F7N3O3S/c19-15-8-13(7-14(9-15)18(23,24)25)16(29)26-10-12-1-4-28(5-2-12)6-3-27-32(30,31)11-17(20,21)22/h7-9,12,27H,1-6,10-11H2,(H,26,29). The molecule has 14 heteroatoms. The first kappa shape index (κ1) is 26.3. The fourth-order valence-electron chi connectivity index (χ4n) is 3.26. The van der Waals surface area contributed by atoms with Crippen LogP contribution in [0.5, 0.6) is 0 Å². The van der Waals surface area contributed by atoms with Gasteiger partial charge in [0, 0.05) is 25.2 Å². The van der Waals surface area contributed by atoms with E-state index in [4.69, 9.17) is 0 Å². The largest absolute Gasteiger partial charge is 0.416 e. The van der Waals surface area contributed by atoms with Gasteiger partial charge in [-0.3, -0.25) is 4.79 Å². The van der Waals surface area contributed by atoms with E-state index in [2.05, 4.69) is 5.32 Å². The number of nitrogens with zero attached hydrogens (tertiary/aromatic N) is 1. The maximum absolute atomic E-state index is 13.4. The molecule has 6 nitrogen and oxygen atoms in total. The Bertz CT molecular complexity index is 896. The van der Waals surface area contributed by atoms with E-state index in [1.54, 1.807) is 0 Å². The Hall–Kier alpha value is -1.93. The van der Waals surface area contributed by atoms with E-state index in [0.717, 1.165) is 0 Å². The lowest BCUT2D eigenvalue weighted by atomic mass is 9.96. The van der Waals surface area contributed by atoms with Crippen LogP contribution in [0.4, 0.5) is 30.7 Å². The summed E-state index contributed by atoms with van der Waals surface area (Å²) in [6.07, 6.45) is -8.46. The molecule has 0 unspecified atom stereocenters. The summed E-state index contributed by atoms with van der Waals surface area (Å²) in [4.78, 5) is 14.0. The Morgan fingerprint density at radius 1 is 1.06 bits per heavy atom. The van der Waals surface area contributed by atoms with Crippen molar-refractivity contribution in [3.63, 3.8) is 0 Å². The number of carbonyl (C=O) groups is 1. The third-order valence-electron chi connectivity index (χ3n) is 4.85. The molecule has 1 fully saturated rings. The number of piperidine rings is 1. The lowest BCUT2D eigenvalue weighted by Gasteiger charge is -2.32. The van der Waals surface area contributed by atoms with Gasteiger partial charge in [-0.1, -0.05) is 0 Å². The fourth-order valence-corrected chi connectivity index (χ4v) is 4.20. The normalized spacial score (nSPS) is 16.8. The van der Waals surface area contributed by atoms with E-state index >= 15 is 0 Å². The zero-order valence-electron chi connectivity index (χ0n) is 16.7. The Balaban J connectivity index is 1.75. The number of amides is 1. The van der Waals surface area contributed by atoms with Gasteiger partial charge in [0.2, 0.25) is 10.0 Å². The van der Waals surface area contributed by atoms with Gasteiger partial charge in [-0.2, -0.15) is 26.3 Å². The second kappa shape index (κ2) is 10.3. The van der Waals surface area contributed by atoms with Crippen LogP contribution in [0.2, 0.25) is 0 Å². The van der Waals surface area contributed by atoms with Crippen molar-refractivity contribution in [2.24, 2.45) is 5.92 Å². The molecule has 0 radical (unpaired) electrons. The van der Waals surface area contributed by atoms with Crippen LogP contribution in [0.15, 0.2) is 18.2 Å². The Labute approximate surface area is 180 Å². The van der Waals surface area contributed by atoms with Gasteiger partial charge in [0.25, 0.3) is 5.91 Å². The van der Waals surface area contributed by atoms with Crippen LogP contribution < -0.4 is 10.0 Å². The minimum absolute atomic E-state index is 0.00670. The van der Waals surface area contributed by atoms with Crippen LogP contribution in [-0.4, -0.2) is 63.9 Å².